The standard InChI is InChI=1S/C25H38O4Si/c1-16-12-19(27-6)14-18-10-11-25(23(26)28-7)17(2)13-20(15-21(25)22(16)18)29-30(8,9)24(3,4)5/h12-14,17,21H,10-11,15H2,1-9H3/t17-,21+,25-/m0/s1. The Kier molecular flexibility index (Phi) is 5.91. The molecule has 166 valence electrons. The molecule has 0 heterocycles. The van der Waals surface area contributed by atoms with Gasteiger partial charge >= 0.3 is 5.97 Å². The van der Waals surface area contributed by atoms with Crippen LogP contribution in [0.25, 0.3) is 0 Å². The molecule has 0 unspecified atom stereocenters. The molecular formula is C25H38O4Si. The van der Waals surface area contributed by atoms with Gasteiger partial charge < -0.3 is 13.9 Å². The van der Waals surface area contributed by atoms with Crippen LogP contribution in [0.5, 0.6) is 5.75 Å². The number of ether oxygens (including phenoxy) is 2. The van der Waals surface area contributed by atoms with Gasteiger partial charge in [0.2, 0.25) is 8.32 Å². The Morgan fingerprint density at radius 3 is 2.43 bits per heavy atom. The van der Waals surface area contributed by atoms with E-state index in [1.165, 1.54) is 23.8 Å². The molecule has 0 saturated carbocycles. The topological polar surface area (TPSA) is 44.8 Å². The molecule has 30 heavy (non-hydrogen) atoms. The Balaban J connectivity index is 2.11. The summed E-state index contributed by atoms with van der Waals surface area (Å²) in [5.41, 5.74) is 3.21. The van der Waals surface area contributed by atoms with Crippen LogP contribution in [0, 0.1) is 18.3 Å². The third kappa shape index (κ3) is 3.59. The number of hydrogen-bond acceptors (Lipinski definition) is 4. The van der Waals surface area contributed by atoms with Gasteiger partial charge in [0.05, 0.1) is 25.4 Å². The summed E-state index contributed by atoms with van der Waals surface area (Å²) in [5.74, 6) is 1.94. The number of carbonyl (C=O) groups is 1. The molecule has 4 nitrogen and oxygen atoms in total. The molecule has 3 rings (SSSR count). The molecular weight excluding hydrogens is 392 g/mol. The van der Waals surface area contributed by atoms with E-state index in [2.05, 4.69) is 65.9 Å². The highest BCUT2D eigenvalue weighted by Gasteiger charge is 2.56. The van der Waals surface area contributed by atoms with Crippen molar-refractivity contribution in [1.82, 2.24) is 0 Å². The Morgan fingerprint density at radius 1 is 1.20 bits per heavy atom. The van der Waals surface area contributed by atoms with E-state index >= 15 is 0 Å². The number of carbonyl (C=O) groups excluding carboxylic acids is 1. The van der Waals surface area contributed by atoms with Crippen LogP contribution in [0.2, 0.25) is 18.1 Å². The number of allylic oxidation sites excluding steroid dienone is 2. The van der Waals surface area contributed by atoms with E-state index in [-0.39, 0.29) is 22.8 Å². The lowest BCUT2D eigenvalue weighted by atomic mass is 9.54. The van der Waals surface area contributed by atoms with E-state index in [1.807, 2.05) is 0 Å². The largest absolute Gasteiger partial charge is 0.547 e. The van der Waals surface area contributed by atoms with Crippen LogP contribution in [0.15, 0.2) is 24.0 Å². The Bertz CT molecular complexity index is 865. The van der Waals surface area contributed by atoms with Crippen LogP contribution >= 0.6 is 0 Å². The number of benzene rings is 1. The first-order valence-corrected chi connectivity index (χ1v) is 13.9. The highest BCUT2D eigenvalue weighted by Crippen LogP contribution is 2.58. The van der Waals surface area contributed by atoms with E-state index in [0.29, 0.717) is 0 Å². The molecule has 0 bridgehead atoms. The summed E-state index contributed by atoms with van der Waals surface area (Å²) in [6.07, 6.45) is 4.59. The van der Waals surface area contributed by atoms with Crippen molar-refractivity contribution >= 4 is 14.3 Å². The van der Waals surface area contributed by atoms with Crippen LogP contribution in [-0.4, -0.2) is 28.5 Å². The zero-order valence-electron chi connectivity index (χ0n) is 20.1. The monoisotopic (exact) mass is 430 g/mol. The maximum Gasteiger partial charge on any atom is 0.313 e. The zero-order valence-corrected chi connectivity index (χ0v) is 21.1. The molecule has 1 aromatic rings. The van der Waals surface area contributed by atoms with Crippen molar-refractivity contribution in [3.05, 3.63) is 40.7 Å². The molecule has 0 radical (unpaired) electrons. The number of hydrogen-bond donors (Lipinski definition) is 0. The maximum atomic E-state index is 13.2. The fourth-order valence-electron chi connectivity index (χ4n) is 5.13. The Hall–Kier alpha value is -1.75. The van der Waals surface area contributed by atoms with Gasteiger partial charge in [0.15, 0.2) is 0 Å². The van der Waals surface area contributed by atoms with Gasteiger partial charge in [0.25, 0.3) is 0 Å². The minimum atomic E-state index is -1.96. The highest BCUT2D eigenvalue weighted by atomic mass is 28.4. The number of fused-ring (bicyclic) bond motifs is 3. The summed E-state index contributed by atoms with van der Waals surface area (Å²) >= 11 is 0. The summed E-state index contributed by atoms with van der Waals surface area (Å²) in [6, 6.07) is 4.23. The Morgan fingerprint density at radius 2 is 1.87 bits per heavy atom. The van der Waals surface area contributed by atoms with Crippen molar-refractivity contribution in [2.45, 2.75) is 77.9 Å². The fraction of sp³-hybridized carbons (Fsp3) is 0.640. The molecule has 3 atom stereocenters. The first-order valence-electron chi connectivity index (χ1n) is 11.0. The molecule has 2 aliphatic rings. The number of methoxy groups -OCH3 is 2. The van der Waals surface area contributed by atoms with Gasteiger partial charge in [0.1, 0.15) is 5.75 Å². The van der Waals surface area contributed by atoms with E-state index < -0.39 is 13.7 Å². The van der Waals surface area contributed by atoms with Crippen LogP contribution in [0.1, 0.15) is 63.1 Å². The van der Waals surface area contributed by atoms with Crippen molar-refractivity contribution < 1.29 is 18.7 Å². The van der Waals surface area contributed by atoms with E-state index in [9.17, 15) is 4.79 Å². The molecule has 0 aliphatic heterocycles. The summed E-state index contributed by atoms with van der Waals surface area (Å²) < 4.78 is 17.6. The third-order valence-corrected chi connectivity index (χ3v) is 12.3. The van der Waals surface area contributed by atoms with Crippen molar-refractivity contribution in [1.29, 1.82) is 0 Å². The zero-order chi connectivity index (χ0) is 22.5. The van der Waals surface area contributed by atoms with Gasteiger partial charge in [-0.15, -0.1) is 0 Å². The molecule has 0 aromatic heterocycles. The van der Waals surface area contributed by atoms with Crippen LogP contribution in [-0.2, 0) is 20.4 Å². The lowest BCUT2D eigenvalue weighted by Crippen LogP contribution is -2.49. The average Bonchev–Trinajstić information content (AvgIpc) is 2.65. The quantitative estimate of drug-likeness (QED) is 0.425. The van der Waals surface area contributed by atoms with E-state index in [1.54, 1.807) is 7.11 Å². The van der Waals surface area contributed by atoms with Crippen LogP contribution in [0.4, 0.5) is 0 Å². The summed E-state index contributed by atoms with van der Waals surface area (Å²) in [7, 11) is 1.26. The van der Waals surface area contributed by atoms with Crippen molar-refractivity contribution in [2.75, 3.05) is 14.2 Å². The van der Waals surface area contributed by atoms with Gasteiger partial charge in [-0.2, -0.15) is 0 Å². The summed E-state index contributed by atoms with van der Waals surface area (Å²) in [4.78, 5) is 13.2. The van der Waals surface area contributed by atoms with Gasteiger partial charge in [0, 0.05) is 12.3 Å². The predicted octanol–water partition coefficient (Wildman–Crippen LogP) is 6.14. The molecule has 5 heteroatoms. The molecule has 0 N–H and O–H groups in total. The number of rotatable bonds is 4. The first-order chi connectivity index (χ1) is 13.9. The van der Waals surface area contributed by atoms with Gasteiger partial charge in [-0.05, 0) is 78.7 Å². The summed E-state index contributed by atoms with van der Waals surface area (Å²) in [6.45, 7) is 15.6. The highest BCUT2D eigenvalue weighted by molar-refractivity contribution is 6.74. The van der Waals surface area contributed by atoms with Crippen molar-refractivity contribution in [2.24, 2.45) is 11.3 Å². The molecule has 0 saturated heterocycles. The fourth-order valence-corrected chi connectivity index (χ4v) is 6.25. The Labute approximate surface area is 183 Å². The average molecular weight is 431 g/mol. The number of esters is 1. The minimum absolute atomic E-state index is 0.0538. The lowest BCUT2D eigenvalue weighted by molar-refractivity contribution is -0.159. The van der Waals surface area contributed by atoms with Gasteiger partial charge in [-0.1, -0.05) is 27.7 Å². The second-order valence-electron chi connectivity index (χ2n) is 10.6. The number of aryl methyl sites for hydroxylation is 2. The van der Waals surface area contributed by atoms with Crippen LogP contribution < -0.4 is 4.74 Å². The molecule has 0 spiro atoms. The minimum Gasteiger partial charge on any atom is -0.547 e. The van der Waals surface area contributed by atoms with Gasteiger partial charge in [-0.25, -0.2) is 0 Å². The molecule has 1 aromatic carbocycles. The predicted molar refractivity (Wildman–Crippen MR) is 123 cm³/mol. The second-order valence-corrected chi connectivity index (χ2v) is 15.3. The SMILES string of the molecule is COC(=O)[C@]12CCc3cc(OC)cc(C)c3[C@H]1CC(O[Si](C)(C)C(C)(C)C)=C[C@@H]2C. The van der Waals surface area contributed by atoms with Gasteiger partial charge in [-0.3, -0.25) is 4.79 Å². The normalized spacial score (nSPS) is 26.2. The first kappa shape index (κ1) is 22.9. The second kappa shape index (κ2) is 7.74. The third-order valence-electron chi connectivity index (χ3n) is 7.87. The molecule has 2 aliphatic carbocycles. The van der Waals surface area contributed by atoms with Crippen LogP contribution in [0.3, 0.4) is 0 Å². The van der Waals surface area contributed by atoms with E-state index in [4.69, 9.17) is 13.9 Å². The maximum absolute atomic E-state index is 13.2. The van der Waals surface area contributed by atoms with Crippen molar-refractivity contribution in [3.8, 4) is 5.75 Å². The lowest BCUT2D eigenvalue weighted by Gasteiger charge is -2.50. The van der Waals surface area contributed by atoms with E-state index in [0.717, 1.165) is 30.8 Å². The smallest absolute Gasteiger partial charge is 0.313 e. The summed E-state index contributed by atoms with van der Waals surface area (Å²) in [5, 5.41) is 0.127. The molecule has 0 fully saturated rings. The van der Waals surface area contributed by atoms with Crippen molar-refractivity contribution in [3.63, 3.8) is 0 Å². The molecule has 0 amide bonds.